The first-order valence-electron chi connectivity index (χ1n) is 28.6. The van der Waals surface area contributed by atoms with Crippen molar-refractivity contribution in [2.75, 3.05) is 47.5 Å². The van der Waals surface area contributed by atoms with Gasteiger partial charge in [0.15, 0.2) is 6.10 Å². The maximum atomic E-state index is 12.8. The van der Waals surface area contributed by atoms with E-state index in [0.717, 1.165) is 70.6 Å². The number of carbonyl (C=O) groups is 2. The molecule has 0 saturated carbocycles. The quantitative estimate of drug-likeness (QED) is 0.0195. The summed E-state index contributed by atoms with van der Waals surface area (Å²) >= 11 is 0. The van der Waals surface area contributed by atoms with Gasteiger partial charge in [-0.3, -0.25) is 14.2 Å². The minimum absolute atomic E-state index is 0.0362. The van der Waals surface area contributed by atoms with Crippen LogP contribution in [-0.4, -0.2) is 70.0 Å². The maximum Gasteiger partial charge on any atom is 0.306 e. The molecule has 0 spiro atoms. The number of phosphoric ester groups is 1. The molecule has 70 heavy (non-hydrogen) atoms. The van der Waals surface area contributed by atoms with E-state index in [1.54, 1.807) is 0 Å². The van der Waals surface area contributed by atoms with E-state index < -0.39 is 32.5 Å². The number of likely N-dealkylation sites (N-methyl/N-ethyl adjacent to an activating group) is 1. The van der Waals surface area contributed by atoms with Gasteiger partial charge in [-0.2, -0.15) is 0 Å². The Morgan fingerprint density at radius 3 is 1.17 bits per heavy atom. The number of hydrogen-bond acceptors (Lipinski definition) is 8. The molecule has 0 N–H and O–H groups in total. The van der Waals surface area contributed by atoms with Crippen molar-refractivity contribution < 1.29 is 42.1 Å². The molecule has 0 aromatic rings. The van der Waals surface area contributed by atoms with Crippen molar-refractivity contribution in [3.05, 3.63) is 72.9 Å². The molecule has 406 valence electrons. The lowest BCUT2D eigenvalue weighted by molar-refractivity contribution is -0.870. The Kier molecular flexibility index (Phi) is 49.5. The zero-order valence-corrected chi connectivity index (χ0v) is 46.8. The van der Waals surface area contributed by atoms with Crippen LogP contribution in [0.1, 0.15) is 245 Å². The summed E-state index contributed by atoms with van der Waals surface area (Å²) in [6.07, 6.45) is 66.5. The van der Waals surface area contributed by atoms with Gasteiger partial charge in [-0.15, -0.1) is 0 Å². The van der Waals surface area contributed by atoms with Crippen molar-refractivity contribution in [1.29, 1.82) is 0 Å². The molecule has 0 amide bonds. The van der Waals surface area contributed by atoms with Gasteiger partial charge < -0.3 is 27.9 Å². The van der Waals surface area contributed by atoms with Crippen LogP contribution in [0.5, 0.6) is 0 Å². The van der Waals surface area contributed by atoms with Crippen LogP contribution < -0.4 is 4.89 Å². The summed E-state index contributed by atoms with van der Waals surface area (Å²) in [6, 6.07) is 0. The van der Waals surface area contributed by atoms with Gasteiger partial charge in [-0.1, -0.05) is 215 Å². The Balaban J connectivity index is 4.20. The number of nitrogens with zero attached hydrogens (tertiary/aromatic N) is 1. The number of ether oxygens (including phenoxy) is 2. The normalized spacial score (nSPS) is 13.9. The van der Waals surface area contributed by atoms with E-state index in [1.807, 2.05) is 21.1 Å². The smallest absolute Gasteiger partial charge is 0.306 e. The molecule has 0 radical (unpaired) electrons. The van der Waals surface area contributed by atoms with Crippen LogP contribution in [0.25, 0.3) is 0 Å². The minimum atomic E-state index is -4.64. The second kappa shape index (κ2) is 51.4. The van der Waals surface area contributed by atoms with Crippen molar-refractivity contribution in [2.45, 2.75) is 251 Å². The number of unbranched alkanes of at least 4 members (excludes halogenated alkanes) is 26. The van der Waals surface area contributed by atoms with Gasteiger partial charge in [0, 0.05) is 12.8 Å². The molecular formula is C60H108NO8P. The Morgan fingerprint density at radius 2 is 0.771 bits per heavy atom. The first-order valence-corrected chi connectivity index (χ1v) is 30.1. The lowest BCUT2D eigenvalue weighted by Crippen LogP contribution is -2.37. The highest BCUT2D eigenvalue weighted by atomic mass is 31.2. The van der Waals surface area contributed by atoms with E-state index in [9.17, 15) is 19.0 Å². The molecule has 2 atom stereocenters. The summed E-state index contributed by atoms with van der Waals surface area (Å²) < 4.78 is 34.1. The molecule has 0 heterocycles. The molecule has 0 rings (SSSR count). The van der Waals surface area contributed by atoms with Crippen LogP contribution >= 0.6 is 7.82 Å². The molecule has 0 aliphatic heterocycles. The first kappa shape index (κ1) is 67.5. The predicted octanol–water partition coefficient (Wildman–Crippen LogP) is 17.1. The van der Waals surface area contributed by atoms with Gasteiger partial charge in [0.25, 0.3) is 7.82 Å². The van der Waals surface area contributed by atoms with Gasteiger partial charge in [0.1, 0.15) is 19.8 Å². The third-order valence-corrected chi connectivity index (χ3v) is 13.2. The van der Waals surface area contributed by atoms with E-state index in [4.69, 9.17) is 18.5 Å². The molecule has 0 aromatic heterocycles. The van der Waals surface area contributed by atoms with Crippen LogP contribution in [0, 0.1) is 0 Å². The fourth-order valence-electron chi connectivity index (χ4n) is 7.73. The van der Waals surface area contributed by atoms with Crippen molar-refractivity contribution in [3.8, 4) is 0 Å². The Morgan fingerprint density at radius 1 is 0.443 bits per heavy atom. The van der Waals surface area contributed by atoms with Crippen molar-refractivity contribution >= 4 is 19.8 Å². The van der Waals surface area contributed by atoms with Gasteiger partial charge in [0.05, 0.1) is 27.7 Å². The second-order valence-corrected chi connectivity index (χ2v) is 21.7. The summed E-state index contributed by atoms with van der Waals surface area (Å²) in [6.45, 7) is 4.19. The van der Waals surface area contributed by atoms with Gasteiger partial charge in [-0.25, -0.2) is 0 Å². The van der Waals surface area contributed by atoms with Crippen LogP contribution in [0.4, 0.5) is 0 Å². The molecular weight excluding hydrogens is 894 g/mol. The average Bonchev–Trinajstić information content (AvgIpc) is 3.32. The zero-order chi connectivity index (χ0) is 51.3. The number of hydrogen-bond donors (Lipinski definition) is 0. The molecule has 10 heteroatoms. The molecule has 0 aromatic carbocycles. The van der Waals surface area contributed by atoms with Gasteiger partial charge >= 0.3 is 11.9 Å². The monoisotopic (exact) mass is 1000 g/mol. The Labute approximate surface area is 431 Å². The zero-order valence-electron chi connectivity index (χ0n) is 46.0. The van der Waals surface area contributed by atoms with Crippen LogP contribution in [0.3, 0.4) is 0 Å². The highest BCUT2D eigenvalue weighted by Crippen LogP contribution is 2.38. The summed E-state index contributed by atoms with van der Waals surface area (Å²) in [4.78, 5) is 37.8. The number of quaternary nitrogens is 1. The van der Waals surface area contributed by atoms with E-state index in [1.165, 1.54) is 135 Å². The highest BCUT2D eigenvalue weighted by Gasteiger charge is 2.21. The fraction of sp³-hybridized carbons (Fsp3) is 0.767. The number of phosphoric acid groups is 1. The Hall–Kier alpha value is -2.55. The van der Waals surface area contributed by atoms with E-state index in [2.05, 4.69) is 86.8 Å². The van der Waals surface area contributed by atoms with Crippen molar-refractivity contribution in [3.63, 3.8) is 0 Å². The third kappa shape index (κ3) is 54.8. The number of esters is 2. The fourth-order valence-corrected chi connectivity index (χ4v) is 8.46. The molecule has 0 bridgehead atoms. The third-order valence-electron chi connectivity index (χ3n) is 12.2. The van der Waals surface area contributed by atoms with Crippen LogP contribution in [0.15, 0.2) is 72.9 Å². The summed E-state index contributed by atoms with van der Waals surface area (Å²) in [5.41, 5.74) is 0. The molecule has 0 saturated heterocycles. The molecule has 2 unspecified atom stereocenters. The van der Waals surface area contributed by atoms with E-state index in [0.29, 0.717) is 23.9 Å². The molecule has 9 nitrogen and oxygen atoms in total. The van der Waals surface area contributed by atoms with Gasteiger partial charge in [-0.05, 0) is 89.9 Å². The number of carbonyl (C=O) groups excluding carboxylic acids is 2. The topological polar surface area (TPSA) is 111 Å². The average molecular weight is 1000 g/mol. The SMILES string of the molecule is CCCCC/C=C\C/C=C\C/C=C\CCCCCCCCC(=O)OCC(COP(=O)([O-])OCC[N+](C)(C)C)OC(=O)CCCCCCCCCCCCCC/C=C\C/C=C\C/C=C\CCCCCCC. The highest BCUT2D eigenvalue weighted by molar-refractivity contribution is 7.45. The molecule has 0 aliphatic carbocycles. The van der Waals surface area contributed by atoms with E-state index >= 15 is 0 Å². The minimum Gasteiger partial charge on any atom is -0.756 e. The number of rotatable bonds is 52. The van der Waals surface area contributed by atoms with Crippen LogP contribution in [0.2, 0.25) is 0 Å². The largest absolute Gasteiger partial charge is 0.756 e. The lowest BCUT2D eigenvalue weighted by Gasteiger charge is -2.28. The van der Waals surface area contributed by atoms with Crippen molar-refractivity contribution in [1.82, 2.24) is 0 Å². The van der Waals surface area contributed by atoms with E-state index in [-0.39, 0.29) is 26.1 Å². The maximum absolute atomic E-state index is 12.8. The lowest BCUT2D eigenvalue weighted by atomic mass is 10.0. The standard InChI is InChI=1S/C60H108NO8P/c1-6-8-10-12-14-16-18-20-22-24-26-27-28-29-30-31-32-33-35-37-39-41-43-45-47-49-51-53-60(63)69-58(57-68-70(64,65)67-55-54-61(3,4)5)56-66-59(62)52-50-48-46-44-42-40-38-36-34-25-23-21-19-17-15-13-11-9-7-2/h15,17-18,20-21,23-24,26,28-29,34,36,58H,6-14,16,19,22,25,27,30-33,35,37-57H2,1-5H3/b17-15-,20-18-,23-21-,26-24-,29-28-,36-34-. The Bertz CT molecular complexity index is 1410. The molecule has 0 fully saturated rings. The van der Waals surface area contributed by atoms with Crippen molar-refractivity contribution in [2.24, 2.45) is 0 Å². The first-order chi connectivity index (χ1) is 34.0. The van der Waals surface area contributed by atoms with Gasteiger partial charge in [0.2, 0.25) is 0 Å². The summed E-state index contributed by atoms with van der Waals surface area (Å²) in [5, 5.41) is 0. The van der Waals surface area contributed by atoms with Crippen LogP contribution in [-0.2, 0) is 32.7 Å². The summed E-state index contributed by atoms with van der Waals surface area (Å²) in [7, 11) is 1.15. The second-order valence-electron chi connectivity index (χ2n) is 20.3. The summed E-state index contributed by atoms with van der Waals surface area (Å²) in [5.74, 6) is -0.849. The number of allylic oxidation sites excluding steroid dienone is 12. The molecule has 0 aliphatic rings. The predicted molar refractivity (Wildman–Crippen MR) is 296 cm³/mol.